The van der Waals surface area contributed by atoms with Crippen LogP contribution in [-0.4, -0.2) is 21.5 Å². The highest BCUT2D eigenvalue weighted by Crippen LogP contribution is 2.26. The summed E-state index contributed by atoms with van der Waals surface area (Å²) in [5.74, 6) is 0. The third-order valence-electron chi connectivity index (χ3n) is 2.04. The number of nitrogens with zero attached hydrogens (tertiary/aromatic N) is 5. The van der Waals surface area contributed by atoms with Crippen molar-refractivity contribution in [1.82, 2.24) is 15.0 Å². The number of rotatable bonds is 3. The molecule has 0 saturated heterocycles. The monoisotopic (exact) mass is 268 g/mol. The van der Waals surface area contributed by atoms with Gasteiger partial charge in [0.05, 0.1) is 5.39 Å². The van der Waals surface area contributed by atoms with Gasteiger partial charge in [-0.05, 0) is 17.1 Å². The minimum Gasteiger partial charge on any atom is -0.345 e. The minimum atomic E-state index is 0.0916. The van der Waals surface area contributed by atoms with Crippen molar-refractivity contribution in [3.05, 3.63) is 38.7 Å². The summed E-state index contributed by atoms with van der Waals surface area (Å²) >= 11 is 11.7. The average molecular weight is 269 g/mol. The van der Waals surface area contributed by atoms with Gasteiger partial charge in [-0.1, -0.05) is 28.9 Å². The smallest absolute Gasteiger partial charge is 0.225 e. The summed E-state index contributed by atoms with van der Waals surface area (Å²) in [6, 6.07) is 0. The van der Waals surface area contributed by atoms with Crippen LogP contribution in [0.5, 0.6) is 0 Å². The molecule has 86 valence electrons. The topological polar surface area (TPSA) is 90.3 Å². The number of azide groups is 1. The van der Waals surface area contributed by atoms with Gasteiger partial charge < -0.3 is 4.98 Å². The lowest BCUT2D eigenvalue weighted by Gasteiger charge is -1.95. The molecule has 6 nitrogen and oxygen atoms in total. The maximum absolute atomic E-state index is 8.13. The Morgan fingerprint density at radius 1 is 1.47 bits per heavy atom. The van der Waals surface area contributed by atoms with Crippen molar-refractivity contribution in [2.24, 2.45) is 5.11 Å². The Hall–Kier alpha value is -1.75. The molecule has 0 aliphatic heterocycles. The van der Waals surface area contributed by atoms with Gasteiger partial charge in [0, 0.05) is 23.2 Å². The Morgan fingerprint density at radius 2 is 2.29 bits per heavy atom. The summed E-state index contributed by atoms with van der Waals surface area (Å²) in [6.07, 6.45) is 5.22. The van der Waals surface area contributed by atoms with Crippen molar-refractivity contribution >= 4 is 40.3 Å². The van der Waals surface area contributed by atoms with Crippen LogP contribution in [0.3, 0.4) is 0 Å². The second-order valence-electron chi connectivity index (χ2n) is 3.07. The van der Waals surface area contributed by atoms with E-state index >= 15 is 0 Å². The number of aromatic nitrogens is 3. The Kier molecular flexibility index (Phi) is 3.49. The second-order valence-corrected chi connectivity index (χ2v) is 3.76. The van der Waals surface area contributed by atoms with Gasteiger partial charge in [-0.3, -0.25) is 0 Å². The fraction of sp³-hybridized carbons (Fsp3) is 0.111. The van der Waals surface area contributed by atoms with Crippen molar-refractivity contribution < 1.29 is 0 Å². The molecular formula is C9H6Cl2N6. The molecule has 0 fully saturated rings. The molecule has 17 heavy (non-hydrogen) atoms. The number of hydrogen-bond acceptors (Lipinski definition) is 3. The van der Waals surface area contributed by atoms with Crippen LogP contribution in [0.1, 0.15) is 5.56 Å². The number of fused-ring (bicyclic) bond motifs is 1. The fourth-order valence-electron chi connectivity index (χ4n) is 1.38. The SMILES string of the molecule is [N-]=[N+]=NCC=Cc1c[nH]c2nc(Cl)nc(Cl)c12. The number of hydrogen-bond donors (Lipinski definition) is 1. The number of H-pyrrole nitrogens is 1. The molecule has 0 aliphatic carbocycles. The fourth-order valence-corrected chi connectivity index (χ4v) is 1.87. The molecule has 1 N–H and O–H groups in total. The minimum absolute atomic E-state index is 0.0916. The summed E-state index contributed by atoms with van der Waals surface area (Å²) in [7, 11) is 0. The maximum atomic E-state index is 8.13. The van der Waals surface area contributed by atoms with E-state index in [1.165, 1.54) is 0 Å². The van der Waals surface area contributed by atoms with Crippen molar-refractivity contribution in [2.75, 3.05) is 6.54 Å². The zero-order valence-electron chi connectivity index (χ0n) is 8.43. The Balaban J connectivity index is 2.42. The van der Waals surface area contributed by atoms with E-state index in [9.17, 15) is 0 Å². The van der Waals surface area contributed by atoms with E-state index in [4.69, 9.17) is 28.7 Å². The predicted octanol–water partition coefficient (Wildman–Crippen LogP) is 3.59. The van der Waals surface area contributed by atoms with Gasteiger partial charge in [-0.15, -0.1) is 0 Å². The normalized spacial score (nSPS) is 10.9. The van der Waals surface area contributed by atoms with Crippen molar-refractivity contribution in [3.63, 3.8) is 0 Å². The van der Waals surface area contributed by atoms with Gasteiger partial charge in [-0.2, -0.15) is 4.98 Å². The lowest BCUT2D eigenvalue weighted by atomic mass is 10.2. The molecule has 2 rings (SSSR count). The lowest BCUT2D eigenvalue weighted by molar-refractivity contribution is 1.20. The van der Waals surface area contributed by atoms with Crippen LogP contribution in [0.4, 0.5) is 0 Å². The maximum Gasteiger partial charge on any atom is 0.225 e. The second kappa shape index (κ2) is 5.05. The molecule has 2 aromatic heterocycles. The standard InChI is InChI=1S/C9H6Cl2N6/c10-7-6-5(2-1-3-14-17-12)4-13-8(6)16-9(11)15-7/h1-2,4H,3H2,(H,13,15,16). The summed E-state index contributed by atoms with van der Waals surface area (Å²) < 4.78 is 0. The van der Waals surface area contributed by atoms with Crippen LogP contribution < -0.4 is 0 Å². The lowest BCUT2D eigenvalue weighted by Crippen LogP contribution is -1.85. The molecule has 2 aromatic rings. The van der Waals surface area contributed by atoms with Gasteiger partial charge in [0.15, 0.2) is 0 Å². The van der Waals surface area contributed by atoms with Gasteiger partial charge in [-0.25, -0.2) is 4.98 Å². The van der Waals surface area contributed by atoms with Crippen molar-refractivity contribution in [1.29, 1.82) is 0 Å². The summed E-state index contributed by atoms with van der Waals surface area (Å²) in [6.45, 7) is 0.273. The number of nitrogens with one attached hydrogen (secondary N) is 1. The first-order valence-electron chi connectivity index (χ1n) is 4.60. The molecular weight excluding hydrogens is 263 g/mol. The molecule has 0 saturated carbocycles. The van der Waals surface area contributed by atoms with Crippen molar-refractivity contribution in [2.45, 2.75) is 0 Å². The highest BCUT2D eigenvalue weighted by atomic mass is 35.5. The molecule has 0 aliphatic rings. The van der Waals surface area contributed by atoms with E-state index in [1.54, 1.807) is 18.3 Å². The Bertz CT molecular complexity index is 626. The van der Waals surface area contributed by atoms with Gasteiger partial charge in [0.1, 0.15) is 10.8 Å². The van der Waals surface area contributed by atoms with Crippen LogP contribution in [-0.2, 0) is 0 Å². The molecule has 0 aromatic carbocycles. The van der Waals surface area contributed by atoms with E-state index in [-0.39, 0.29) is 17.0 Å². The zero-order valence-corrected chi connectivity index (χ0v) is 9.94. The summed E-state index contributed by atoms with van der Waals surface area (Å²) in [4.78, 5) is 13.4. The largest absolute Gasteiger partial charge is 0.345 e. The predicted molar refractivity (Wildman–Crippen MR) is 67.0 cm³/mol. The van der Waals surface area contributed by atoms with E-state index in [1.807, 2.05) is 0 Å². The molecule has 0 bridgehead atoms. The zero-order chi connectivity index (χ0) is 12.3. The molecule has 0 unspecified atom stereocenters. The highest BCUT2D eigenvalue weighted by Gasteiger charge is 2.09. The van der Waals surface area contributed by atoms with Gasteiger partial charge in [0.25, 0.3) is 0 Å². The molecule has 0 spiro atoms. The number of aromatic amines is 1. The molecule has 2 heterocycles. The quantitative estimate of drug-likeness (QED) is 0.303. The first kappa shape index (κ1) is 11.7. The van der Waals surface area contributed by atoms with Gasteiger partial charge >= 0.3 is 0 Å². The van der Waals surface area contributed by atoms with Crippen LogP contribution in [0.25, 0.3) is 27.6 Å². The van der Waals surface area contributed by atoms with Gasteiger partial charge in [0.2, 0.25) is 5.28 Å². The number of halogens is 2. The average Bonchev–Trinajstić information content (AvgIpc) is 2.68. The van der Waals surface area contributed by atoms with E-state index in [0.717, 1.165) is 5.56 Å². The van der Waals surface area contributed by atoms with Crippen LogP contribution in [0.15, 0.2) is 17.4 Å². The molecule has 0 amide bonds. The third-order valence-corrected chi connectivity index (χ3v) is 2.48. The molecule has 0 radical (unpaired) electrons. The van der Waals surface area contributed by atoms with Crippen molar-refractivity contribution in [3.8, 4) is 0 Å². The highest BCUT2D eigenvalue weighted by molar-refractivity contribution is 6.36. The van der Waals surface area contributed by atoms with Crippen LogP contribution >= 0.6 is 23.2 Å². The first-order chi connectivity index (χ1) is 8.22. The third kappa shape index (κ3) is 2.50. The van der Waals surface area contributed by atoms with Crippen LogP contribution in [0, 0.1) is 0 Å². The Morgan fingerprint density at radius 3 is 3.06 bits per heavy atom. The first-order valence-corrected chi connectivity index (χ1v) is 5.35. The summed E-state index contributed by atoms with van der Waals surface area (Å²) in [5, 5.41) is 4.45. The Labute approximate surface area is 106 Å². The van der Waals surface area contributed by atoms with Crippen LogP contribution in [0.2, 0.25) is 10.4 Å². The molecule has 0 atom stereocenters. The summed E-state index contributed by atoms with van der Waals surface area (Å²) in [5.41, 5.74) is 9.51. The van der Waals surface area contributed by atoms with E-state index in [2.05, 4.69) is 25.0 Å². The van der Waals surface area contributed by atoms with E-state index in [0.29, 0.717) is 11.0 Å². The molecule has 8 heteroatoms. The van der Waals surface area contributed by atoms with E-state index < -0.39 is 0 Å².